The highest BCUT2D eigenvalue weighted by Gasteiger charge is 2.22. The van der Waals surface area contributed by atoms with E-state index in [1.807, 2.05) is 0 Å². The fourth-order valence-electron chi connectivity index (χ4n) is 1.51. The van der Waals surface area contributed by atoms with Gasteiger partial charge in [-0.25, -0.2) is 0 Å². The Morgan fingerprint density at radius 2 is 2.38 bits per heavy atom. The molecule has 1 aliphatic rings. The van der Waals surface area contributed by atoms with Crippen LogP contribution in [0.5, 0.6) is 0 Å². The van der Waals surface area contributed by atoms with Crippen LogP contribution in [0, 0.1) is 0 Å². The molecule has 0 spiro atoms. The highest BCUT2D eigenvalue weighted by atomic mass is 16.5. The number of carbonyl (C=O) groups is 1. The lowest BCUT2D eigenvalue weighted by Gasteiger charge is -2.09. The van der Waals surface area contributed by atoms with Crippen molar-refractivity contribution < 1.29 is 9.53 Å². The van der Waals surface area contributed by atoms with Crippen LogP contribution in [0.4, 0.5) is 0 Å². The van der Waals surface area contributed by atoms with Crippen molar-refractivity contribution in [3.05, 3.63) is 0 Å². The summed E-state index contributed by atoms with van der Waals surface area (Å²) >= 11 is 0. The summed E-state index contributed by atoms with van der Waals surface area (Å²) in [6.07, 6.45) is 5.33. The molecule has 0 bridgehead atoms. The van der Waals surface area contributed by atoms with Gasteiger partial charge >= 0.3 is 5.97 Å². The third-order valence-electron chi connectivity index (χ3n) is 2.34. The van der Waals surface area contributed by atoms with Gasteiger partial charge in [-0.2, -0.15) is 0 Å². The van der Waals surface area contributed by atoms with Crippen molar-refractivity contribution in [3.63, 3.8) is 0 Å². The Bertz CT molecular complexity index is 153. The molecule has 3 heteroatoms. The summed E-state index contributed by atoms with van der Waals surface area (Å²) in [4.78, 5) is 11.3. The SMILES string of the molecule is CCCCCOC(=O)[C@H]1CCCN1. The van der Waals surface area contributed by atoms with Gasteiger partial charge in [0.05, 0.1) is 6.61 Å². The largest absolute Gasteiger partial charge is 0.465 e. The van der Waals surface area contributed by atoms with Gasteiger partial charge < -0.3 is 10.1 Å². The van der Waals surface area contributed by atoms with E-state index in [1.165, 1.54) is 6.42 Å². The van der Waals surface area contributed by atoms with Gasteiger partial charge in [0.2, 0.25) is 0 Å². The van der Waals surface area contributed by atoms with Gasteiger partial charge in [0.1, 0.15) is 6.04 Å². The first kappa shape index (κ1) is 10.5. The van der Waals surface area contributed by atoms with E-state index in [-0.39, 0.29) is 12.0 Å². The zero-order valence-electron chi connectivity index (χ0n) is 8.34. The Labute approximate surface area is 79.8 Å². The number of rotatable bonds is 5. The Kier molecular flexibility index (Phi) is 4.83. The van der Waals surface area contributed by atoms with Gasteiger partial charge in [0.15, 0.2) is 0 Å². The Balaban J connectivity index is 2.03. The average molecular weight is 185 g/mol. The summed E-state index contributed by atoms with van der Waals surface area (Å²) in [7, 11) is 0. The molecule has 1 rings (SSSR count). The van der Waals surface area contributed by atoms with Crippen molar-refractivity contribution >= 4 is 5.97 Å². The van der Waals surface area contributed by atoms with Gasteiger partial charge in [0.25, 0.3) is 0 Å². The summed E-state index contributed by atoms with van der Waals surface area (Å²) in [5.74, 6) is -0.0615. The van der Waals surface area contributed by atoms with E-state index in [4.69, 9.17) is 4.74 Å². The molecule has 1 heterocycles. The van der Waals surface area contributed by atoms with Crippen LogP contribution < -0.4 is 5.32 Å². The maximum absolute atomic E-state index is 11.3. The first-order valence-corrected chi connectivity index (χ1v) is 5.24. The lowest BCUT2D eigenvalue weighted by molar-refractivity contribution is -0.145. The molecule has 1 saturated heterocycles. The Morgan fingerprint density at radius 3 is 3.00 bits per heavy atom. The van der Waals surface area contributed by atoms with Crippen molar-refractivity contribution in [1.82, 2.24) is 5.32 Å². The lowest BCUT2D eigenvalue weighted by atomic mass is 10.2. The summed E-state index contributed by atoms with van der Waals surface area (Å²) in [6.45, 7) is 3.68. The molecule has 1 atom stereocenters. The molecule has 1 aliphatic heterocycles. The van der Waals surface area contributed by atoms with Gasteiger partial charge in [-0.15, -0.1) is 0 Å². The van der Waals surface area contributed by atoms with Crippen molar-refractivity contribution in [2.24, 2.45) is 0 Å². The van der Waals surface area contributed by atoms with Crippen molar-refractivity contribution in [2.45, 2.75) is 45.1 Å². The second kappa shape index (κ2) is 5.97. The number of hydrogen-bond acceptors (Lipinski definition) is 3. The van der Waals surface area contributed by atoms with E-state index in [0.717, 1.165) is 32.2 Å². The summed E-state index contributed by atoms with van der Waals surface area (Å²) < 4.78 is 5.13. The second-order valence-corrected chi connectivity index (χ2v) is 3.52. The molecule has 0 aromatic heterocycles. The quantitative estimate of drug-likeness (QED) is 0.520. The third kappa shape index (κ3) is 3.77. The molecule has 0 aromatic rings. The molecule has 0 amide bonds. The van der Waals surface area contributed by atoms with Crippen LogP contribution in [-0.4, -0.2) is 25.2 Å². The maximum Gasteiger partial charge on any atom is 0.323 e. The predicted octanol–water partition coefficient (Wildman–Crippen LogP) is 1.47. The van der Waals surface area contributed by atoms with E-state index in [0.29, 0.717) is 6.61 Å². The van der Waals surface area contributed by atoms with Crippen LogP contribution in [0.2, 0.25) is 0 Å². The maximum atomic E-state index is 11.3. The molecule has 0 radical (unpaired) electrons. The predicted molar refractivity (Wildman–Crippen MR) is 51.5 cm³/mol. The molecular formula is C10H19NO2. The van der Waals surface area contributed by atoms with E-state index < -0.39 is 0 Å². The number of nitrogens with one attached hydrogen (secondary N) is 1. The molecular weight excluding hydrogens is 166 g/mol. The molecule has 0 aliphatic carbocycles. The van der Waals surface area contributed by atoms with Crippen LogP contribution in [0.3, 0.4) is 0 Å². The highest BCUT2D eigenvalue weighted by Crippen LogP contribution is 2.06. The van der Waals surface area contributed by atoms with Crippen LogP contribution in [0.15, 0.2) is 0 Å². The van der Waals surface area contributed by atoms with Crippen LogP contribution in [-0.2, 0) is 9.53 Å². The highest BCUT2D eigenvalue weighted by molar-refractivity contribution is 5.76. The Morgan fingerprint density at radius 1 is 1.54 bits per heavy atom. The van der Waals surface area contributed by atoms with Crippen LogP contribution >= 0.6 is 0 Å². The number of carbonyl (C=O) groups excluding carboxylic acids is 1. The van der Waals surface area contributed by atoms with Gasteiger partial charge in [-0.1, -0.05) is 19.8 Å². The molecule has 1 N–H and O–H groups in total. The normalized spacial score (nSPS) is 21.8. The summed E-state index contributed by atoms with van der Waals surface area (Å²) in [6, 6.07) is -0.0263. The van der Waals surface area contributed by atoms with E-state index in [9.17, 15) is 4.79 Å². The lowest BCUT2D eigenvalue weighted by Crippen LogP contribution is -2.32. The zero-order chi connectivity index (χ0) is 9.52. The molecule has 0 aromatic carbocycles. The standard InChI is InChI=1S/C10H19NO2/c1-2-3-4-8-13-10(12)9-6-5-7-11-9/h9,11H,2-8H2,1H3/t9-/m1/s1. The number of hydrogen-bond donors (Lipinski definition) is 1. The number of unbranched alkanes of at least 4 members (excludes halogenated alkanes) is 2. The average Bonchev–Trinajstić information content (AvgIpc) is 2.65. The Hall–Kier alpha value is -0.570. The molecule has 0 unspecified atom stereocenters. The van der Waals surface area contributed by atoms with Crippen LogP contribution in [0.25, 0.3) is 0 Å². The van der Waals surface area contributed by atoms with Gasteiger partial charge in [-0.3, -0.25) is 4.79 Å². The molecule has 0 saturated carbocycles. The second-order valence-electron chi connectivity index (χ2n) is 3.52. The third-order valence-corrected chi connectivity index (χ3v) is 2.34. The number of ether oxygens (including phenoxy) is 1. The van der Waals surface area contributed by atoms with E-state index >= 15 is 0 Å². The molecule has 76 valence electrons. The summed E-state index contributed by atoms with van der Waals surface area (Å²) in [5.41, 5.74) is 0. The van der Waals surface area contributed by atoms with E-state index in [1.54, 1.807) is 0 Å². The van der Waals surface area contributed by atoms with Gasteiger partial charge in [-0.05, 0) is 25.8 Å². The van der Waals surface area contributed by atoms with Crippen molar-refractivity contribution in [2.75, 3.05) is 13.2 Å². The molecule has 3 nitrogen and oxygen atoms in total. The monoisotopic (exact) mass is 185 g/mol. The minimum Gasteiger partial charge on any atom is -0.465 e. The molecule has 1 fully saturated rings. The van der Waals surface area contributed by atoms with Crippen LogP contribution in [0.1, 0.15) is 39.0 Å². The van der Waals surface area contributed by atoms with Crippen molar-refractivity contribution in [3.8, 4) is 0 Å². The van der Waals surface area contributed by atoms with Crippen molar-refractivity contribution in [1.29, 1.82) is 0 Å². The molecule has 13 heavy (non-hydrogen) atoms. The minimum atomic E-state index is -0.0615. The first-order valence-electron chi connectivity index (χ1n) is 5.24. The topological polar surface area (TPSA) is 38.3 Å². The number of esters is 1. The first-order chi connectivity index (χ1) is 6.34. The van der Waals surface area contributed by atoms with E-state index in [2.05, 4.69) is 12.2 Å². The minimum absolute atomic E-state index is 0.0263. The fraction of sp³-hybridized carbons (Fsp3) is 0.900. The van der Waals surface area contributed by atoms with Gasteiger partial charge in [0, 0.05) is 0 Å². The fourth-order valence-corrected chi connectivity index (χ4v) is 1.51. The zero-order valence-corrected chi connectivity index (χ0v) is 8.34. The summed E-state index contributed by atoms with van der Waals surface area (Å²) in [5, 5.41) is 3.12. The smallest absolute Gasteiger partial charge is 0.323 e.